The van der Waals surface area contributed by atoms with Gasteiger partial charge in [0.1, 0.15) is 0 Å². The van der Waals surface area contributed by atoms with Gasteiger partial charge in [-0.1, -0.05) is 18.6 Å². The first-order valence-corrected chi connectivity index (χ1v) is 7.13. The second-order valence-electron chi connectivity index (χ2n) is 5.44. The van der Waals surface area contributed by atoms with Crippen molar-refractivity contribution in [2.45, 2.75) is 50.6 Å². The van der Waals surface area contributed by atoms with Crippen LogP contribution in [0.1, 0.15) is 39.0 Å². The van der Waals surface area contributed by atoms with E-state index in [9.17, 15) is 0 Å². The van der Waals surface area contributed by atoms with E-state index in [0.29, 0.717) is 6.04 Å². The molecule has 2 atom stereocenters. The van der Waals surface area contributed by atoms with Gasteiger partial charge in [0.2, 0.25) is 0 Å². The highest BCUT2D eigenvalue weighted by Crippen LogP contribution is 2.34. The van der Waals surface area contributed by atoms with Gasteiger partial charge in [0.05, 0.1) is 0 Å². The fourth-order valence-corrected chi connectivity index (χ4v) is 3.48. The molecule has 0 aliphatic carbocycles. The lowest BCUT2D eigenvalue weighted by Gasteiger charge is -2.41. The van der Waals surface area contributed by atoms with Gasteiger partial charge in [-0.2, -0.15) is 0 Å². The smallest absolute Gasteiger partial charge is 0.0473 e. The van der Waals surface area contributed by atoms with Crippen LogP contribution in [0.4, 0.5) is 0 Å². The minimum absolute atomic E-state index is 0.196. The van der Waals surface area contributed by atoms with Gasteiger partial charge in [0.15, 0.2) is 0 Å². The minimum Gasteiger partial charge on any atom is -0.329 e. The first-order valence-electron chi connectivity index (χ1n) is 7.13. The molecule has 2 fully saturated rings. The Hall–Kier alpha value is -0.380. The Morgan fingerprint density at radius 3 is 3.06 bits per heavy atom. The predicted molar refractivity (Wildman–Crippen MR) is 73.0 cm³/mol. The van der Waals surface area contributed by atoms with Crippen LogP contribution in [0.15, 0.2) is 12.2 Å². The zero-order chi connectivity index (χ0) is 12.1. The van der Waals surface area contributed by atoms with E-state index in [4.69, 9.17) is 5.73 Å². The first kappa shape index (κ1) is 13.1. The van der Waals surface area contributed by atoms with Gasteiger partial charge < -0.3 is 11.1 Å². The summed E-state index contributed by atoms with van der Waals surface area (Å²) in [7, 11) is 0. The van der Waals surface area contributed by atoms with Gasteiger partial charge in [-0.15, -0.1) is 0 Å². The zero-order valence-electron chi connectivity index (χ0n) is 11.1. The molecule has 3 N–H and O–H groups in total. The average molecular weight is 237 g/mol. The molecule has 0 bridgehead atoms. The van der Waals surface area contributed by atoms with Gasteiger partial charge in [0.25, 0.3) is 0 Å². The lowest BCUT2D eigenvalue weighted by Crippen LogP contribution is -2.60. The number of hydrogen-bond acceptors (Lipinski definition) is 3. The standard InChI is InChI=1S/C14H27N3/c1-2-3-5-9-16-14(12-15)8-11-17-10-6-4-7-13(14)17/h2-3,13,16H,4-12,15H2,1H3/b3-2+. The fraction of sp³-hybridized carbons (Fsp3) is 0.857. The monoisotopic (exact) mass is 237 g/mol. The summed E-state index contributed by atoms with van der Waals surface area (Å²) in [5.74, 6) is 0. The maximum absolute atomic E-state index is 6.08. The molecule has 0 spiro atoms. The van der Waals surface area contributed by atoms with Crippen LogP contribution in [0.25, 0.3) is 0 Å². The average Bonchev–Trinajstić information content (AvgIpc) is 2.75. The summed E-state index contributed by atoms with van der Waals surface area (Å²) in [6.07, 6.45) is 10.8. The SMILES string of the molecule is C/C=C/CCNC1(CN)CCN2CCCCC21. The van der Waals surface area contributed by atoms with E-state index in [2.05, 4.69) is 29.3 Å². The number of hydrogen-bond donors (Lipinski definition) is 2. The molecular weight excluding hydrogens is 210 g/mol. The van der Waals surface area contributed by atoms with E-state index in [0.717, 1.165) is 19.5 Å². The molecule has 0 aromatic rings. The Bertz CT molecular complexity index is 264. The van der Waals surface area contributed by atoms with Crippen molar-refractivity contribution in [3.05, 3.63) is 12.2 Å². The quantitative estimate of drug-likeness (QED) is 0.562. The molecule has 2 unspecified atom stereocenters. The van der Waals surface area contributed by atoms with E-state index >= 15 is 0 Å². The fourth-order valence-electron chi connectivity index (χ4n) is 3.48. The van der Waals surface area contributed by atoms with E-state index in [1.54, 1.807) is 0 Å². The van der Waals surface area contributed by atoms with E-state index < -0.39 is 0 Å². The van der Waals surface area contributed by atoms with Gasteiger partial charge in [-0.05, 0) is 45.7 Å². The summed E-state index contributed by atoms with van der Waals surface area (Å²) in [6, 6.07) is 0.687. The van der Waals surface area contributed by atoms with Crippen LogP contribution in [-0.4, -0.2) is 42.7 Å². The van der Waals surface area contributed by atoms with Gasteiger partial charge in [-0.3, -0.25) is 4.90 Å². The van der Waals surface area contributed by atoms with Crippen molar-refractivity contribution in [3.8, 4) is 0 Å². The largest absolute Gasteiger partial charge is 0.329 e. The number of allylic oxidation sites excluding steroid dienone is 1. The van der Waals surface area contributed by atoms with E-state index in [1.807, 2.05) is 0 Å². The predicted octanol–water partition coefficient (Wildman–Crippen LogP) is 1.50. The Kier molecular flexibility index (Phi) is 4.60. The Morgan fingerprint density at radius 2 is 2.29 bits per heavy atom. The van der Waals surface area contributed by atoms with E-state index in [-0.39, 0.29) is 5.54 Å². The van der Waals surface area contributed by atoms with Crippen molar-refractivity contribution in [1.29, 1.82) is 0 Å². The number of fused-ring (bicyclic) bond motifs is 1. The summed E-state index contributed by atoms with van der Waals surface area (Å²) in [5, 5.41) is 3.76. The molecule has 2 aliphatic rings. The van der Waals surface area contributed by atoms with Crippen LogP contribution in [0.2, 0.25) is 0 Å². The summed E-state index contributed by atoms with van der Waals surface area (Å²) < 4.78 is 0. The number of piperidine rings is 1. The molecule has 2 aliphatic heterocycles. The summed E-state index contributed by atoms with van der Waals surface area (Å²) in [5.41, 5.74) is 6.28. The Morgan fingerprint density at radius 1 is 1.41 bits per heavy atom. The molecule has 2 saturated heterocycles. The summed E-state index contributed by atoms with van der Waals surface area (Å²) in [6.45, 7) is 6.44. The van der Waals surface area contributed by atoms with Crippen molar-refractivity contribution in [2.75, 3.05) is 26.2 Å². The van der Waals surface area contributed by atoms with Crippen LogP contribution in [-0.2, 0) is 0 Å². The van der Waals surface area contributed by atoms with Crippen molar-refractivity contribution >= 4 is 0 Å². The highest BCUT2D eigenvalue weighted by molar-refractivity contribution is 5.07. The number of rotatable bonds is 5. The third-order valence-corrected chi connectivity index (χ3v) is 4.48. The molecule has 98 valence electrons. The number of nitrogens with one attached hydrogen (secondary N) is 1. The normalized spacial score (nSPS) is 34.4. The third-order valence-electron chi connectivity index (χ3n) is 4.48. The van der Waals surface area contributed by atoms with Crippen LogP contribution in [0.5, 0.6) is 0 Å². The Labute approximate surface area is 105 Å². The second kappa shape index (κ2) is 5.98. The molecule has 0 radical (unpaired) electrons. The molecule has 3 nitrogen and oxygen atoms in total. The van der Waals surface area contributed by atoms with Gasteiger partial charge >= 0.3 is 0 Å². The van der Waals surface area contributed by atoms with Gasteiger partial charge in [0, 0.05) is 24.7 Å². The maximum atomic E-state index is 6.08. The number of nitrogens with zero attached hydrogens (tertiary/aromatic N) is 1. The van der Waals surface area contributed by atoms with Crippen LogP contribution >= 0.6 is 0 Å². The molecule has 17 heavy (non-hydrogen) atoms. The molecule has 0 amide bonds. The van der Waals surface area contributed by atoms with Crippen molar-refractivity contribution in [3.63, 3.8) is 0 Å². The molecule has 0 aromatic carbocycles. The lowest BCUT2D eigenvalue weighted by atomic mass is 9.85. The summed E-state index contributed by atoms with van der Waals surface area (Å²) >= 11 is 0. The van der Waals surface area contributed by atoms with Crippen molar-refractivity contribution < 1.29 is 0 Å². The highest BCUT2D eigenvalue weighted by atomic mass is 15.3. The second-order valence-corrected chi connectivity index (χ2v) is 5.44. The van der Waals surface area contributed by atoms with Crippen molar-refractivity contribution in [2.24, 2.45) is 5.73 Å². The first-order chi connectivity index (χ1) is 8.32. The van der Waals surface area contributed by atoms with Crippen LogP contribution in [0, 0.1) is 0 Å². The Balaban J connectivity index is 1.93. The van der Waals surface area contributed by atoms with Crippen LogP contribution < -0.4 is 11.1 Å². The molecule has 2 rings (SSSR count). The third kappa shape index (κ3) is 2.72. The van der Waals surface area contributed by atoms with Gasteiger partial charge in [-0.25, -0.2) is 0 Å². The summed E-state index contributed by atoms with van der Waals surface area (Å²) in [4.78, 5) is 2.65. The minimum atomic E-state index is 0.196. The maximum Gasteiger partial charge on any atom is 0.0473 e. The van der Waals surface area contributed by atoms with Crippen molar-refractivity contribution in [1.82, 2.24) is 10.2 Å². The molecule has 0 aromatic heterocycles. The molecule has 3 heteroatoms. The molecule has 2 heterocycles. The highest BCUT2D eigenvalue weighted by Gasteiger charge is 2.46. The lowest BCUT2D eigenvalue weighted by molar-refractivity contribution is 0.141. The van der Waals surface area contributed by atoms with Crippen LogP contribution in [0.3, 0.4) is 0 Å². The van der Waals surface area contributed by atoms with E-state index in [1.165, 1.54) is 38.8 Å². The molecule has 0 saturated carbocycles. The number of nitrogens with two attached hydrogens (primary N) is 1. The molecular formula is C14H27N3. The zero-order valence-corrected chi connectivity index (χ0v) is 11.1. The topological polar surface area (TPSA) is 41.3 Å².